The van der Waals surface area contributed by atoms with Crippen LogP contribution < -0.4 is 0 Å². The van der Waals surface area contributed by atoms with Gasteiger partial charge in [-0.1, -0.05) is 35.8 Å². The molecule has 3 aliphatic rings. The fourth-order valence-electron chi connectivity index (χ4n) is 5.73. The zero-order valence-electron chi connectivity index (χ0n) is 18.9. The van der Waals surface area contributed by atoms with E-state index in [-0.39, 0.29) is 12.0 Å². The van der Waals surface area contributed by atoms with Crippen LogP contribution in [0.4, 0.5) is 0 Å². The van der Waals surface area contributed by atoms with Crippen LogP contribution >= 0.6 is 0 Å². The summed E-state index contributed by atoms with van der Waals surface area (Å²) in [5, 5.41) is 29.7. The van der Waals surface area contributed by atoms with Crippen molar-refractivity contribution < 1.29 is 24.9 Å². The monoisotopic (exact) mass is 418 g/mol. The van der Waals surface area contributed by atoms with Gasteiger partial charge in [0.2, 0.25) is 0 Å². The second kappa shape index (κ2) is 8.97. The Morgan fingerprint density at radius 2 is 1.87 bits per heavy atom. The lowest BCUT2D eigenvalue weighted by Gasteiger charge is -2.40. The fraction of sp³-hybridized carbons (Fsp3) is 0.720. The minimum atomic E-state index is -1.47. The van der Waals surface area contributed by atoms with Gasteiger partial charge in [-0.05, 0) is 89.0 Å². The van der Waals surface area contributed by atoms with Gasteiger partial charge in [-0.25, -0.2) is 4.79 Å². The van der Waals surface area contributed by atoms with Crippen molar-refractivity contribution >= 4 is 5.97 Å². The van der Waals surface area contributed by atoms with Crippen LogP contribution in [0.3, 0.4) is 0 Å². The summed E-state index contributed by atoms with van der Waals surface area (Å²) in [7, 11) is 0. The lowest BCUT2D eigenvalue weighted by molar-refractivity contribution is -0.160. The highest BCUT2D eigenvalue weighted by Crippen LogP contribution is 2.58. The van der Waals surface area contributed by atoms with Crippen molar-refractivity contribution in [1.82, 2.24) is 0 Å². The van der Waals surface area contributed by atoms with Crippen molar-refractivity contribution in [3.05, 3.63) is 34.4 Å². The molecular weight excluding hydrogens is 380 g/mol. The molecule has 0 bridgehead atoms. The molecular formula is C25H38O5. The maximum atomic E-state index is 11.9. The minimum Gasteiger partial charge on any atom is -0.459 e. The summed E-state index contributed by atoms with van der Waals surface area (Å²) in [5.74, 6) is -0.105. The van der Waals surface area contributed by atoms with Crippen LogP contribution in [-0.2, 0) is 9.53 Å². The third-order valence-corrected chi connectivity index (χ3v) is 7.26. The summed E-state index contributed by atoms with van der Waals surface area (Å²) < 4.78 is 5.36. The average molecular weight is 419 g/mol. The van der Waals surface area contributed by atoms with Crippen LogP contribution in [0.15, 0.2) is 34.4 Å². The standard InChI is InChI=1S/C25H38O5/c1-16(15-30-23(28)24(2,3)29)21-9-10-22-18(6-5-11-25(21,22)4)8-7-17-12-19(26)14-20(27)13-17/h7-8,19-20,22,26-27,29H,5-6,9-15H2,1-4H3/b18-8+,21-16?/t19-,20-,22?,25-/m1/s1. The average Bonchev–Trinajstić information content (AvgIpc) is 3.00. The molecule has 0 spiro atoms. The van der Waals surface area contributed by atoms with E-state index in [1.807, 2.05) is 6.92 Å². The number of aliphatic hydroxyl groups excluding tert-OH is 2. The Labute approximate surface area is 180 Å². The largest absolute Gasteiger partial charge is 0.459 e. The van der Waals surface area contributed by atoms with E-state index in [0.717, 1.165) is 43.3 Å². The van der Waals surface area contributed by atoms with Crippen LogP contribution in [0.25, 0.3) is 0 Å². The first-order chi connectivity index (χ1) is 14.0. The van der Waals surface area contributed by atoms with Crippen molar-refractivity contribution in [3.8, 4) is 0 Å². The van der Waals surface area contributed by atoms with Crippen molar-refractivity contribution in [1.29, 1.82) is 0 Å². The molecule has 1 unspecified atom stereocenters. The number of hydrogen-bond acceptors (Lipinski definition) is 5. The Hall–Kier alpha value is -1.43. The van der Waals surface area contributed by atoms with Gasteiger partial charge >= 0.3 is 5.97 Å². The van der Waals surface area contributed by atoms with Gasteiger partial charge in [-0.2, -0.15) is 0 Å². The molecule has 5 nitrogen and oxygen atoms in total. The molecule has 168 valence electrons. The maximum absolute atomic E-state index is 11.9. The summed E-state index contributed by atoms with van der Waals surface area (Å²) in [4.78, 5) is 11.9. The van der Waals surface area contributed by atoms with E-state index in [9.17, 15) is 20.1 Å². The molecule has 30 heavy (non-hydrogen) atoms. The molecule has 4 atom stereocenters. The predicted octanol–water partition coefficient (Wildman–Crippen LogP) is 3.98. The maximum Gasteiger partial charge on any atom is 0.337 e. The number of aliphatic hydroxyl groups is 3. The number of hydrogen-bond donors (Lipinski definition) is 3. The Morgan fingerprint density at radius 1 is 1.20 bits per heavy atom. The molecule has 3 fully saturated rings. The smallest absolute Gasteiger partial charge is 0.337 e. The van der Waals surface area contributed by atoms with E-state index in [1.165, 1.54) is 25.0 Å². The van der Waals surface area contributed by atoms with E-state index in [1.54, 1.807) is 0 Å². The molecule has 3 aliphatic carbocycles. The summed E-state index contributed by atoms with van der Waals surface area (Å²) in [5.41, 5.74) is 3.71. The second-order valence-corrected chi connectivity index (χ2v) is 10.3. The molecule has 0 aliphatic heterocycles. The zero-order valence-corrected chi connectivity index (χ0v) is 18.9. The molecule has 0 heterocycles. The van der Waals surface area contributed by atoms with Gasteiger partial charge in [0.25, 0.3) is 0 Å². The van der Waals surface area contributed by atoms with Crippen molar-refractivity contribution in [3.63, 3.8) is 0 Å². The number of esters is 1. The topological polar surface area (TPSA) is 87.0 Å². The second-order valence-electron chi connectivity index (χ2n) is 10.3. The number of rotatable bonds is 4. The Bertz CT molecular complexity index is 742. The molecule has 0 saturated heterocycles. The Balaban J connectivity index is 1.75. The van der Waals surface area contributed by atoms with Gasteiger partial charge in [0.15, 0.2) is 5.60 Å². The minimum absolute atomic E-state index is 0.0827. The van der Waals surface area contributed by atoms with E-state index in [4.69, 9.17) is 4.74 Å². The third kappa shape index (κ3) is 5.06. The number of allylic oxidation sites excluding steroid dienone is 4. The Morgan fingerprint density at radius 3 is 2.50 bits per heavy atom. The highest BCUT2D eigenvalue weighted by Gasteiger charge is 2.46. The number of carbonyl (C=O) groups is 1. The van der Waals surface area contributed by atoms with Crippen molar-refractivity contribution in [2.24, 2.45) is 11.3 Å². The molecule has 0 aromatic carbocycles. The van der Waals surface area contributed by atoms with Crippen LogP contribution in [-0.4, -0.2) is 45.7 Å². The first kappa shape index (κ1) is 23.2. The number of carbonyl (C=O) groups excluding carboxylic acids is 1. The fourth-order valence-corrected chi connectivity index (χ4v) is 5.73. The van der Waals surface area contributed by atoms with E-state index < -0.39 is 23.8 Å². The lowest BCUT2D eigenvalue weighted by Crippen LogP contribution is -2.34. The molecule has 3 rings (SSSR count). The van der Waals surface area contributed by atoms with Crippen LogP contribution in [0.1, 0.15) is 79.1 Å². The molecule has 5 heteroatoms. The van der Waals surface area contributed by atoms with Gasteiger partial charge in [0.05, 0.1) is 12.2 Å². The van der Waals surface area contributed by atoms with Gasteiger partial charge in [-0.15, -0.1) is 0 Å². The molecule has 0 radical (unpaired) electrons. The number of ether oxygens (including phenoxy) is 1. The highest BCUT2D eigenvalue weighted by molar-refractivity contribution is 5.78. The van der Waals surface area contributed by atoms with Gasteiger partial charge in [-0.3, -0.25) is 0 Å². The summed E-state index contributed by atoms with van der Waals surface area (Å²) in [6.07, 6.45) is 10.7. The Kier molecular flexibility index (Phi) is 6.95. The van der Waals surface area contributed by atoms with Gasteiger partial charge in [0, 0.05) is 0 Å². The van der Waals surface area contributed by atoms with Crippen LogP contribution in [0.5, 0.6) is 0 Å². The third-order valence-electron chi connectivity index (χ3n) is 7.26. The summed E-state index contributed by atoms with van der Waals surface area (Å²) >= 11 is 0. The SMILES string of the molecule is CC(COC(=O)C(C)(C)O)=C1CCC2/C(=C/C=C3C[C@@H](O)C[C@H](O)C3)CCC[C@]12C. The van der Waals surface area contributed by atoms with Gasteiger partial charge < -0.3 is 20.1 Å². The van der Waals surface area contributed by atoms with Crippen molar-refractivity contribution in [2.75, 3.05) is 6.61 Å². The van der Waals surface area contributed by atoms with E-state index in [0.29, 0.717) is 25.2 Å². The quantitative estimate of drug-likeness (QED) is 0.475. The summed E-state index contributed by atoms with van der Waals surface area (Å²) in [6.45, 7) is 7.52. The normalized spacial score (nSPS) is 35.2. The predicted molar refractivity (Wildman–Crippen MR) is 117 cm³/mol. The van der Waals surface area contributed by atoms with E-state index >= 15 is 0 Å². The first-order valence-corrected chi connectivity index (χ1v) is 11.3. The van der Waals surface area contributed by atoms with E-state index in [2.05, 4.69) is 19.1 Å². The van der Waals surface area contributed by atoms with Crippen LogP contribution in [0.2, 0.25) is 0 Å². The molecule has 0 aromatic rings. The zero-order chi connectivity index (χ0) is 22.1. The molecule has 0 aromatic heterocycles. The summed E-state index contributed by atoms with van der Waals surface area (Å²) in [6, 6.07) is 0. The van der Waals surface area contributed by atoms with Crippen LogP contribution in [0, 0.1) is 11.3 Å². The molecule has 3 saturated carbocycles. The highest BCUT2D eigenvalue weighted by atomic mass is 16.5. The van der Waals surface area contributed by atoms with Crippen molar-refractivity contribution in [2.45, 2.75) is 96.9 Å². The van der Waals surface area contributed by atoms with Gasteiger partial charge in [0.1, 0.15) is 6.61 Å². The number of fused-ring (bicyclic) bond motifs is 1. The molecule has 3 N–H and O–H groups in total. The lowest BCUT2D eigenvalue weighted by atomic mass is 9.65. The molecule has 0 amide bonds. The first-order valence-electron chi connectivity index (χ1n) is 11.3.